The molecule has 1 aliphatic heterocycles. The molecule has 0 bridgehead atoms. The molecule has 1 fully saturated rings. The molecule has 210 valence electrons. The van der Waals surface area contributed by atoms with Crippen molar-refractivity contribution in [2.45, 2.75) is 37.7 Å². The summed E-state index contributed by atoms with van der Waals surface area (Å²) in [6.45, 7) is 4.02. The zero-order valence-corrected chi connectivity index (χ0v) is 21.7. The van der Waals surface area contributed by atoms with Crippen LogP contribution in [0.15, 0.2) is 72.8 Å². The van der Waals surface area contributed by atoms with Crippen LogP contribution in [-0.2, 0) is 25.2 Å². The third-order valence-electron chi connectivity index (χ3n) is 7.26. The second-order valence-electron chi connectivity index (χ2n) is 9.82. The molecule has 0 amide bonds. The van der Waals surface area contributed by atoms with E-state index >= 15 is 0 Å². The van der Waals surface area contributed by atoms with Crippen LogP contribution in [0.3, 0.4) is 0 Å². The van der Waals surface area contributed by atoms with Crippen LogP contribution in [0.5, 0.6) is 5.75 Å². The molecule has 0 radical (unpaired) electrons. The van der Waals surface area contributed by atoms with Gasteiger partial charge in [0.15, 0.2) is 0 Å². The summed E-state index contributed by atoms with van der Waals surface area (Å²) < 4.78 is 86.0. The Morgan fingerprint density at radius 2 is 1.31 bits per heavy atom. The number of hydrogen-bond donors (Lipinski definition) is 0. The molecule has 1 unspecified atom stereocenters. The minimum atomic E-state index is -4.87. The van der Waals surface area contributed by atoms with E-state index in [4.69, 9.17) is 4.74 Å². The van der Waals surface area contributed by atoms with Gasteiger partial charge in [-0.1, -0.05) is 48.5 Å². The molecular formula is C30H32F6N2O. The maximum Gasteiger partial charge on any atom is 0.416 e. The van der Waals surface area contributed by atoms with Crippen LogP contribution in [0.2, 0.25) is 0 Å². The molecule has 0 N–H and O–H groups in total. The number of piperazine rings is 1. The van der Waals surface area contributed by atoms with Crippen LogP contribution in [0.25, 0.3) is 0 Å². The minimum Gasteiger partial charge on any atom is -0.496 e. The van der Waals surface area contributed by atoms with Crippen LogP contribution in [0.1, 0.15) is 40.3 Å². The van der Waals surface area contributed by atoms with Crippen molar-refractivity contribution < 1.29 is 31.1 Å². The number of methoxy groups -OCH3 is 1. The minimum absolute atomic E-state index is 0.0125. The highest BCUT2D eigenvalue weighted by Crippen LogP contribution is 2.38. The lowest BCUT2D eigenvalue weighted by molar-refractivity contribution is -0.143. The number of halogens is 6. The molecule has 3 nitrogen and oxygen atoms in total. The molecule has 1 saturated heterocycles. The summed E-state index contributed by atoms with van der Waals surface area (Å²) in [5, 5.41) is 0. The predicted octanol–water partition coefficient (Wildman–Crippen LogP) is 7.27. The molecule has 0 aliphatic carbocycles. The van der Waals surface area contributed by atoms with Crippen LogP contribution in [0.4, 0.5) is 26.3 Å². The van der Waals surface area contributed by atoms with Gasteiger partial charge in [0.25, 0.3) is 0 Å². The van der Waals surface area contributed by atoms with Crippen LogP contribution < -0.4 is 4.74 Å². The Kier molecular flexibility index (Phi) is 9.23. The van der Waals surface area contributed by atoms with Crippen LogP contribution >= 0.6 is 0 Å². The third-order valence-corrected chi connectivity index (χ3v) is 7.26. The van der Waals surface area contributed by atoms with E-state index in [2.05, 4.69) is 21.9 Å². The highest BCUT2D eigenvalue weighted by Gasteiger charge is 2.37. The van der Waals surface area contributed by atoms with E-state index in [-0.39, 0.29) is 24.1 Å². The molecule has 4 rings (SSSR count). The lowest BCUT2D eigenvalue weighted by atomic mass is 9.94. The first-order valence-corrected chi connectivity index (χ1v) is 13.0. The van der Waals surface area contributed by atoms with E-state index in [1.54, 1.807) is 7.11 Å². The summed E-state index contributed by atoms with van der Waals surface area (Å²) in [6, 6.07) is 19.3. The molecule has 0 spiro atoms. The number of nitrogens with zero attached hydrogens (tertiary/aromatic N) is 2. The van der Waals surface area contributed by atoms with E-state index in [0.29, 0.717) is 12.2 Å². The number of aryl methyl sites for hydroxylation is 1. The van der Waals surface area contributed by atoms with Crippen molar-refractivity contribution in [3.05, 3.63) is 101 Å². The molecule has 1 heterocycles. The summed E-state index contributed by atoms with van der Waals surface area (Å²) in [4.78, 5) is 4.64. The number of benzene rings is 3. The lowest BCUT2D eigenvalue weighted by Gasteiger charge is -2.40. The number of hydrogen-bond acceptors (Lipinski definition) is 3. The predicted molar refractivity (Wildman–Crippen MR) is 139 cm³/mol. The first kappa shape index (κ1) is 29.0. The summed E-state index contributed by atoms with van der Waals surface area (Å²) in [5.41, 5.74) is -0.410. The average Bonchev–Trinajstić information content (AvgIpc) is 2.92. The Balaban J connectivity index is 1.51. The summed E-state index contributed by atoms with van der Waals surface area (Å²) in [5.74, 6) is 0.647. The maximum absolute atomic E-state index is 13.4. The molecule has 0 saturated carbocycles. The first-order valence-electron chi connectivity index (χ1n) is 13.0. The van der Waals surface area contributed by atoms with Gasteiger partial charge in [0.05, 0.1) is 18.2 Å². The van der Waals surface area contributed by atoms with Gasteiger partial charge >= 0.3 is 12.4 Å². The Labute approximate surface area is 225 Å². The van der Waals surface area contributed by atoms with Gasteiger partial charge in [-0.05, 0) is 54.7 Å². The fourth-order valence-electron chi connectivity index (χ4n) is 5.17. The molecule has 1 aliphatic rings. The van der Waals surface area contributed by atoms with Crippen molar-refractivity contribution in [2.24, 2.45) is 0 Å². The van der Waals surface area contributed by atoms with E-state index in [1.807, 2.05) is 42.5 Å². The van der Waals surface area contributed by atoms with Gasteiger partial charge in [-0.15, -0.1) is 0 Å². The topological polar surface area (TPSA) is 15.7 Å². The van der Waals surface area contributed by atoms with Crippen molar-refractivity contribution >= 4 is 0 Å². The summed E-state index contributed by atoms with van der Waals surface area (Å²) >= 11 is 0. The zero-order chi connectivity index (χ0) is 28.0. The van der Waals surface area contributed by atoms with E-state index in [9.17, 15) is 26.3 Å². The van der Waals surface area contributed by atoms with Crippen molar-refractivity contribution in [3.63, 3.8) is 0 Å². The molecule has 3 aromatic rings. The smallest absolute Gasteiger partial charge is 0.416 e. The monoisotopic (exact) mass is 550 g/mol. The summed E-state index contributed by atoms with van der Waals surface area (Å²) in [7, 11) is 1.56. The number of rotatable bonds is 9. The maximum atomic E-state index is 13.4. The Morgan fingerprint density at radius 3 is 1.90 bits per heavy atom. The first-order chi connectivity index (χ1) is 18.5. The highest BCUT2D eigenvalue weighted by molar-refractivity contribution is 5.37. The number of alkyl halides is 6. The SMILES string of the molecule is COc1ccccc1C(CCc1cc(C(F)(F)F)cc(C(F)(F)F)c1)N1CCN(CCc2ccccc2)CC1. The fraction of sp³-hybridized carbons (Fsp3) is 0.400. The zero-order valence-electron chi connectivity index (χ0n) is 21.7. The summed E-state index contributed by atoms with van der Waals surface area (Å²) in [6.07, 6.45) is -8.39. The Hall–Kier alpha value is -3.04. The van der Waals surface area contributed by atoms with E-state index < -0.39 is 23.5 Å². The van der Waals surface area contributed by atoms with Gasteiger partial charge in [-0.2, -0.15) is 26.3 Å². The molecular weight excluding hydrogens is 518 g/mol. The Morgan fingerprint density at radius 1 is 0.718 bits per heavy atom. The van der Waals surface area contributed by atoms with Crippen molar-refractivity contribution in [1.29, 1.82) is 0 Å². The van der Waals surface area contributed by atoms with Gasteiger partial charge in [-0.3, -0.25) is 4.90 Å². The normalized spacial score (nSPS) is 16.3. The standard InChI is InChI=1S/C30H32F6N2O/c1-39-28-10-6-5-9-26(28)27(38-17-15-37(16-18-38)14-13-22-7-3-2-4-8-22)12-11-23-19-24(29(31,32)33)21-25(20-23)30(34,35)36/h2-10,19-21,27H,11-18H2,1H3. The number of para-hydroxylation sites is 1. The van der Waals surface area contributed by atoms with Crippen molar-refractivity contribution in [3.8, 4) is 5.75 Å². The van der Waals surface area contributed by atoms with Gasteiger partial charge < -0.3 is 9.64 Å². The molecule has 9 heteroatoms. The average molecular weight is 551 g/mol. The van der Waals surface area contributed by atoms with Gasteiger partial charge in [0.2, 0.25) is 0 Å². The second kappa shape index (κ2) is 12.4. The molecule has 0 aromatic heterocycles. The lowest BCUT2D eigenvalue weighted by Crippen LogP contribution is -2.48. The largest absolute Gasteiger partial charge is 0.496 e. The van der Waals surface area contributed by atoms with Gasteiger partial charge in [0, 0.05) is 44.3 Å². The van der Waals surface area contributed by atoms with E-state index in [0.717, 1.165) is 56.8 Å². The Bertz CT molecular complexity index is 1170. The molecule has 3 aromatic carbocycles. The number of ether oxygens (including phenoxy) is 1. The van der Waals surface area contributed by atoms with Gasteiger partial charge in [0.1, 0.15) is 5.75 Å². The van der Waals surface area contributed by atoms with Crippen LogP contribution in [-0.4, -0.2) is 49.6 Å². The molecule has 1 atom stereocenters. The quantitative estimate of drug-likeness (QED) is 0.261. The van der Waals surface area contributed by atoms with E-state index in [1.165, 1.54) is 5.56 Å². The second-order valence-corrected chi connectivity index (χ2v) is 9.82. The van der Waals surface area contributed by atoms with Crippen molar-refractivity contribution in [1.82, 2.24) is 9.80 Å². The fourth-order valence-corrected chi connectivity index (χ4v) is 5.17. The van der Waals surface area contributed by atoms with Crippen molar-refractivity contribution in [2.75, 3.05) is 39.8 Å². The third kappa shape index (κ3) is 7.76. The molecule has 39 heavy (non-hydrogen) atoms. The van der Waals surface area contributed by atoms with Crippen LogP contribution in [0, 0.1) is 0 Å². The van der Waals surface area contributed by atoms with Gasteiger partial charge in [-0.25, -0.2) is 0 Å². The highest BCUT2D eigenvalue weighted by atomic mass is 19.4.